The number of ether oxygens (including phenoxy) is 1. The Morgan fingerprint density at radius 3 is 2.78 bits per heavy atom. The number of hydrogen-bond donors (Lipinski definition) is 1. The second-order valence-electron chi connectivity index (χ2n) is 5.11. The molecule has 1 aromatic rings. The van der Waals surface area contributed by atoms with Gasteiger partial charge in [-0.25, -0.2) is 0 Å². The maximum Gasteiger partial charge on any atom is 0.0593 e. The third-order valence-electron chi connectivity index (χ3n) is 3.58. The molecule has 1 aliphatic rings. The van der Waals surface area contributed by atoms with Gasteiger partial charge >= 0.3 is 0 Å². The normalized spacial score (nSPS) is 19.4. The Balaban J connectivity index is 1.80. The van der Waals surface area contributed by atoms with Crippen molar-refractivity contribution in [2.75, 3.05) is 32.8 Å². The summed E-state index contributed by atoms with van der Waals surface area (Å²) in [7, 11) is 0. The van der Waals surface area contributed by atoms with Crippen molar-refractivity contribution in [3.8, 4) is 0 Å². The van der Waals surface area contributed by atoms with Gasteiger partial charge in [0.2, 0.25) is 0 Å². The molecule has 1 fully saturated rings. The molecule has 0 aliphatic carbocycles. The molecule has 1 unspecified atom stereocenters. The standard InChI is InChI=1S/C15H24N2O/c1-13-3-5-14(6-4-13)15(16)7-9-17-8-2-11-18-12-10-17/h3-6,15H,2,7-12,16H2,1H3. The lowest BCUT2D eigenvalue weighted by Gasteiger charge is -2.21. The monoisotopic (exact) mass is 248 g/mol. The van der Waals surface area contributed by atoms with E-state index in [0.29, 0.717) is 0 Å². The van der Waals surface area contributed by atoms with E-state index in [4.69, 9.17) is 10.5 Å². The third kappa shape index (κ3) is 4.09. The first kappa shape index (κ1) is 13.5. The molecule has 18 heavy (non-hydrogen) atoms. The zero-order valence-electron chi connectivity index (χ0n) is 11.3. The Hall–Kier alpha value is -0.900. The third-order valence-corrected chi connectivity index (χ3v) is 3.58. The van der Waals surface area contributed by atoms with E-state index in [1.54, 1.807) is 0 Å². The lowest BCUT2D eigenvalue weighted by molar-refractivity contribution is 0.141. The maximum absolute atomic E-state index is 6.24. The second-order valence-corrected chi connectivity index (χ2v) is 5.11. The van der Waals surface area contributed by atoms with Crippen LogP contribution in [0.25, 0.3) is 0 Å². The molecule has 3 nitrogen and oxygen atoms in total. The SMILES string of the molecule is Cc1ccc(C(N)CCN2CCCOCC2)cc1. The predicted molar refractivity (Wildman–Crippen MR) is 74.6 cm³/mol. The van der Waals surface area contributed by atoms with E-state index >= 15 is 0 Å². The van der Waals surface area contributed by atoms with Crippen LogP contribution in [0.4, 0.5) is 0 Å². The molecule has 2 N–H and O–H groups in total. The van der Waals surface area contributed by atoms with Gasteiger partial charge in [-0.2, -0.15) is 0 Å². The number of hydrogen-bond acceptors (Lipinski definition) is 3. The zero-order chi connectivity index (χ0) is 12.8. The number of rotatable bonds is 4. The van der Waals surface area contributed by atoms with Crippen LogP contribution >= 0.6 is 0 Å². The minimum Gasteiger partial charge on any atom is -0.380 e. The summed E-state index contributed by atoms with van der Waals surface area (Å²) in [6, 6.07) is 8.70. The summed E-state index contributed by atoms with van der Waals surface area (Å²) in [6.07, 6.45) is 2.16. The smallest absolute Gasteiger partial charge is 0.0593 e. The molecule has 1 saturated heterocycles. The minimum absolute atomic E-state index is 0.148. The number of benzene rings is 1. The summed E-state index contributed by atoms with van der Waals surface area (Å²) in [6.45, 7) is 7.12. The molecule has 0 saturated carbocycles. The van der Waals surface area contributed by atoms with Crippen LogP contribution in [-0.4, -0.2) is 37.7 Å². The van der Waals surface area contributed by atoms with Gasteiger partial charge in [-0.1, -0.05) is 29.8 Å². The fraction of sp³-hybridized carbons (Fsp3) is 0.600. The highest BCUT2D eigenvalue weighted by Gasteiger charge is 2.11. The largest absolute Gasteiger partial charge is 0.380 e. The highest BCUT2D eigenvalue weighted by atomic mass is 16.5. The van der Waals surface area contributed by atoms with E-state index in [1.807, 2.05) is 0 Å². The van der Waals surface area contributed by atoms with Crippen molar-refractivity contribution in [3.05, 3.63) is 35.4 Å². The first-order valence-electron chi connectivity index (χ1n) is 6.88. The van der Waals surface area contributed by atoms with E-state index in [0.717, 1.165) is 45.7 Å². The van der Waals surface area contributed by atoms with Gasteiger partial charge in [0.05, 0.1) is 6.61 Å². The van der Waals surface area contributed by atoms with E-state index in [9.17, 15) is 0 Å². The van der Waals surface area contributed by atoms with Crippen LogP contribution in [0.5, 0.6) is 0 Å². The van der Waals surface area contributed by atoms with Crippen molar-refractivity contribution in [2.45, 2.75) is 25.8 Å². The van der Waals surface area contributed by atoms with Crippen LogP contribution in [0.3, 0.4) is 0 Å². The van der Waals surface area contributed by atoms with Crippen LogP contribution in [0.1, 0.15) is 30.0 Å². The van der Waals surface area contributed by atoms with Gasteiger partial charge in [-0.3, -0.25) is 0 Å². The summed E-state index contributed by atoms with van der Waals surface area (Å²) in [5.74, 6) is 0. The van der Waals surface area contributed by atoms with Crippen molar-refractivity contribution < 1.29 is 4.74 Å². The summed E-state index contributed by atoms with van der Waals surface area (Å²) in [5.41, 5.74) is 8.77. The lowest BCUT2D eigenvalue weighted by Crippen LogP contribution is -2.29. The van der Waals surface area contributed by atoms with Crippen molar-refractivity contribution >= 4 is 0 Å². The van der Waals surface area contributed by atoms with Gasteiger partial charge < -0.3 is 15.4 Å². The molecule has 1 aromatic carbocycles. The molecule has 100 valence electrons. The number of nitrogens with two attached hydrogens (primary N) is 1. The quantitative estimate of drug-likeness (QED) is 0.887. The molecule has 1 aliphatic heterocycles. The average Bonchev–Trinajstić information content (AvgIpc) is 2.65. The fourth-order valence-electron chi connectivity index (χ4n) is 2.32. The van der Waals surface area contributed by atoms with Gasteiger partial charge in [0.15, 0.2) is 0 Å². The van der Waals surface area contributed by atoms with Crippen molar-refractivity contribution in [2.24, 2.45) is 5.73 Å². The van der Waals surface area contributed by atoms with E-state index < -0.39 is 0 Å². The molecule has 0 bridgehead atoms. The summed E-state index contributed by atoms with van der Waals surface area (Å²) < 4.78 is 5.46. The molecule has 0 aromatic heterocycles. The van der Waals surface area contributed by atoms with Crippen molar-refractivity contribution in [1.82, 2.24) is 4.90 Å². The van der Waals surface area contributed by atoms with Crippen LogP contribution in [-0.2, 0) is 4.74 Å². The molecule has 0 radical (unpaired) electrons. The van der Waals surface area contributed by atoms with Crippen LogP contribution in [0.2, 0.25) is 0 Å². The molecular formula is C15H24N2O. The molecule has 1 atom stereocenters. The molecular weight excluding hydrogens is 224 g/mol. The topological polar surface area (TPSA) is 38.5 Å². The van der Waals surface area contributed by atoms with Crippen LogP contribution in [0, 0.1) is 6.92 Å². The maximum atomic E-state index is 6.24. The van der Waals surface area contributed by atoms with E-state index in [1.165, 1.54) is 11.1 Å². The Bertz CT molecular complexity index is 342. The van der Waals surface area contributed by atoms with Gasteiger partial charge in [0.25, 0.3) is 0 Å². The number of nitrogens with zero attached hydrogens (tertiary/aromatic N) is 1. The van der Waals surface area contributed by atoms with Crippen LogP contribution < -0.4 is 5.73 Å². The minimum atomic E-state index is 0.148. The number of aryl methyl sites for hydroxylation is 1. The first-order chi connectivity index (χ1) is 8.75. The Morgan fingerprint density at radius 1 is 1.22 bits per heavy atom. The highest BCUT2D eigenvalue weighted by molar-refractivity contribution is 5.23. The molecule has 2 rings (SSSR count). The Kier molecular flexibility index (Phi) is 5.17. The zero-order valence-corrected chi connectivity index (χ0v) is 11.3. The van der Waals surface area contributed by atoms with Gasteiger partial charge in [0, 0.05) is 32.3 Å². The first-order valence-corrected chi connectivity index (χ1v) is 6.88. The van der Waals surface area contributed by atoms with Crippen molar-refractivity contribution in [3.63, 3.8) is 0 Å². The van der Waals surface area contributed by atoms with Gasteiger partial charge in [-0.15, -0.1) is 0 Å². The summed E-state index contributed by atoms with van der Waals surface area (Å²) in [5, 5.41) is 0. The Morgan fingerprint density at radius 2 is 2.00 bits per heavy atom. The second kappa shape index (κ2) is 6.88. The predicted octanol–water partition coefficient (Wildman–Crippen LogP) is 2.11. The van der Waals surface area contributed by atoms with Crippen LogP contribution in [0.15, 0.2) is 24.3 Å². The molecule has 0 spiro atoms. The van der Waals surface area contributed by atoms with Gasteiger partial charge in [-0.05, 0) is 25.3 Å². The highest BCUT2D eigenvalue weighted by Crippen LogP contribution is 2.15. The molecule has 0 amide bonds. The van der Waals surface area contributed by atoms with E-state index in [-0.39, 0.29) is 6.04 Å². The van der Waals surface area contributed by atoms with Crippen molar-refractivity contribution in [1.29, 1.82) is 0 Å². The van der Waals surface area contributed by atoms with Gasteiger partial charge in [0.1, 0.15) is 0 Å². The fourth-order valence-corrected chi connectivity index (χ4v) is 2.32. The summed E-state index contributed by atoms with van der Waals surface area (Å²) in [4.78, 5) is 2.46. The molecule has 3 heteroatoms. The average molecular weight is 248 g/mol. The lowest BCUT2D eigenvalue weighted by atomic mass is 10.0. The van der Waals surface area contributed by atoms with E-state index in [2.05, 4.69) is 36.1 Å². The molecule has 1 heterocycles. The summed E-state index contributed by atoms with van der Waals surface area (Å²) >= 11 is 0. The Labute approximate surface area is 110 Å².